The molecule has 2 unspecified atom stereocenters. The molecule has 5 rings (SSSR count). The molecule has 0 bridgehead atoms. The van der Waals surface area contributed by atoms with Crippen LogP contribution in [0, 0.1) is 0 Å². The van der Waals surface area contributed by atoms with Crippen molar-refractivity contribution in [2.75, 3.05) is 13.1 Å². The molecule has 1 aliphatic rings. The van der Waals surface area contributed by atoms with Crippen LogP contribution in [0.25, 0.3) is 32.3 Å². The topological polar surface area (TPSA) is 12.5 Å². The number of ether oxygens (including phenoxy) is 1. The van der Waals surface area contributed by atoms with Crippen molar-refractivity contribution >= 4 is 32.3 Å². The van der Waals surface area contributed by atoms with Crippen molar-refractivity contribution in [3.8, 4) is 0 Å². The quantitative estimate of drug-likeness (QED) is 0.469. The molecular formula is C23H23NO. The molecule has 1 heterocycles. The van der Waals surface area contributed by atoms with E-state index in [1.165, 1.54) is 37.9 Å². The minimum Gasteiger partial charge on any atom is -0.373 e. The Morgan fingerprint density at radius 3 is 2.12 bits per heavy atom. The van der Waals surface area contributed by atoms with Crippen molar-refractivity contribution in [3.05, 3.63) is 60.2 Å². The fourth-order valence-corrected chi connectivity index (χ4v) is 4.59. The first-order chi connectivity index (χ1) is 12.2. The molecule has 2 atom stereocenters. The van der Waals surface area contributed by atoms with Crippen molar-refractivity contribution in [3.63, 3.8) is 0 Å². The zero-order valence-corrected chi connectivity index (χ0v) is 14.8. The molecule has 4 aromatic carbocycles. The van der Waals surface area contributed by atoms with Gasteiger partial charge in [0.25, 0.3) is 0 Å². The van der Waals surface area contributed by atoms with Crippen molar-refractivity contribution < 1.29 is 4.74 Å². The molecule has 4 aromatic rings. The highest BCUT2D eigenvalue weighted by atomic mass is 16.5. The smallest absolute Gasteiger partial charge is 0.0678 e. The van der Waals surface area contributed by atoms with Crippen LogP contribution in [0.1, 0.15) is 19.4 Å². The van der Waals surface area contributed by atoms with Crippen LogP contribution < -0.4 is 0 Å². The predicted molar refractivity (Wildman–Crippen MR) is 105 cm³/mol. The van der Waals surface area contributed by atoms with Crippen LogP contribution in [-0.2, 0) is 11.3 Å². The molecule has 25 heavy (non-hydrogen) atoms. The van der Waals surface area contributed by atoms with Crippen LogP contribution in [0.15, 0.2) is 54.6 Å². The lowest BCUT2D eigenvalue weighted by molar-refractivity contribution is -0.0703. The molecule has 0 amide bonds. The fraction of sp³-hybridized carbons (Fsp3) is 0.304. The molecule has 0 aromatic heterocycles. The van der Waals surface area contributed by atoms with Gasteiger partial charge in [-0.15, -0.1) is 0 Å². The molecule has 0 aliphatic carbocycles. The van der Waals surface area contributed by atoms with Crippen molar-refractivity contribution in [2.24, 2.45) is 0 Å². The number of benzene rings is 4. The summed E-state index contributed by atoms with van der Waals surface area (Å²) in [7, 11) is 0. The minimum atomic E-state index is 0.309. The number of rotatable bonds is 2. The molecule has 2 nitrogen and oxygen atoms in total. The van der Waals surface area contributed by atoms with Gasteiger partial charge in [0, 0.05) is 19.6 Å². The highest BCUT2D eigenvalue weighted by Crippen LogP contribution is 2.36. The molecule has 1 fully saturated rings. The van der Waals surface area contributed by atoms with Crippen LogP contribution in [-0.4, -0.2) is 30.2 Å². The second-order valence-corrected chi connectivity index (χ2v) is 7.53. The van der Waals surface area contributed by atoms with Gasteiger partial charge in [-0.2, -0.15) is 0 Å². The molecule has 2 heteroatoms. The standard InChI is InChI=1S/C23H23NO/c1-15-12-24(13-16(2)25-15)14-20-9-8-19-7-6-17-4-3-5-18-10-11-21(20)23(19)22(17)18/h3-11,15-16H,12-14H2,1-2H3. The van der Waals surface area contributed by atoms with E-state index in [0.717, 1.165) is 19.6 Å². The van der Waals surface area contributed by atoms with Crippen LogP contribution >= 0.6 is 0 Å². The maximum Gasteiger partial charge on any atom is 0.0678 e. The molecule has 0 radical (unpaired) electrons. The van der Waals surface area contributed by atoms with Gasteiger partial charge in [-0.3, -0.25) is 4.90 Å². The Kier molecular flexibility index (Phi) is 3.44. The van der Waals surface area contributed by atoms with Crippen molar-refractivity contribution in [2.45, 2.75) is 32.6 Å². The summed E-state index contributed by atoms with van der Waals surface area (Å²) in [6.07, 6.45) is 0.618. The molecule has 0 spiro atoms. The summed E-state index contributed by atoms with van der Waals surface area (Å²) in [5.41, 5.74) is 1.42. The normalized spacial score (nSPS) is 22.3. The maximum absolute atomic E-state index is 5.89. The third-order valence-corrected chi connectivity index (χ3v) is 5.51. The van der Waals surface area contributed by atoms with Gasteiger partial charge in [0.05, 0.1) is 12.2 Å². The Bertz CT molecular complexity index is 1030. The van der Waals surface area contributed by atoms with Gasteiger partial charge >= 0.3 is 0 Å². The minimum absolute atomic E-state index is 0.309. The van der Waals surface area contributed by atoms with E-state index < -0.39 is 0 Å². The summed E-state index contributed by atoms with van der Waals surface area (Å²) in [6, 6.07) is 20.3. The number of hydrogen-bond acceptors (Lipinski definition) is 2. The highest BCUT2D eigenvalue weighted by molar-refractivity contribution is 6.23. The van der Waals surface area contributed by atoms with Crippen LogP contribution in [0.2, 0.25) is 0 Å². The molecule has 1 saturated heterocycles. The first kappa shape index (κ1) is 15.1. The number of hydrogen-bond donors (Lipinski definition) is 0. The third kappa shape index (κ3) is 2.48. The molecular weight excluding hydrogens is 306 g/mol. The summed E-state index contributed by atoms with van der Waals surface area (Å²) in [5.74, 6) is 0. The first-order valence-corrected chi connectivity index (χ1v) is 9.22. The second kappa shape index (κ2) is 5.69. The fourth-order valence-electron chi connectivity index (χ4n) is 4.59. The van der Waals surface area contributed by atoms with Crippen molar-refractivity contribution in [1.29, 1.82) is 0 Å². The zero-order chi connectivity index (χ0) is 17.0. The van der Waals surface area contributed by atoms with E-state index in [1.54, 1.807) is 0 Å². The summed E-state index contributed by atoms with van der Waals surface area (Å²) in [5, 5.41) is 8.23. The Balaban J connectivity index is 1.66. The van der Waals surface area contributed by atoms with Crippen molar-refractivity contribution in [1.82, 2.24) is 4.90 Å². The molecule has 0 saturated carbocycles. The average molecular weight is 329 g/mol. The Morgan fingerprint density at radius 2 is 1.40 bits per heavy atom. The van der Waals surface area contributed by atoms with E-state index in [1.807, 2.05) is 0 Å². The Morgan fingerprint density at radius 1 is 0.800 bits per heavy atom. The lowest BCUT2D eigenvalue weighted by Gasteiger charge is -2.35. The summed E-state index contributed by atoms with van der Waals surface area (Å²) in [4.78, 5) is 2.53. The third-order valence-electron chi connectivity index (χ3n) is 5.51. The van der Waals surface area contributed by atoms with Gasteiger partial charge in [-0.25, -0.2) is 0 Å². The zero-order valence-electron chi connectivity index (χ0n) is 14.8. The van der Waals surface area contributed by atoms with Gasteiger partial charge < -0.3 is 4.74 Å². The molecule has 1 aliphatic heterocycles. The molecule has 0 N–H and O–H groups in total. The Hall–Kier alpha value is -2.16. The lowest BCUT2D eigenvalue weighted by Crippen LogP contribution is -2.44. The van der Waals surface area contributed by atoms with Gasteiger partial charge in [0.1, 0.15) is 0 Å². The van der Waals surface area contributed by atoms with Crippen LogP contribution in [0.3, 0.4) is 0 Å². The van der Waals surface area contributed by atoms with Gasteiger partial charge in [0.15, 0.2) is 0 Å². The summed E-state index contributed by atoms with van der Waals surface area (Å²) >= 11 is 0. The van der Waals surface area contributed by atoms with E-state index in [-0.39, 0.29) is 0 Å². The maximum atomic E-state index is 5.89. The predicted octanol–water partition coefficient (Wildman–Crippen LogP) is 5.19. The SMILES string of the molecule is CC1CN(Cc2ccc3ccc4cccc5ccc2c3c45)CC(C)O1. The van der Waals surface area contributed by atoms with Crippen LogP contribution in [0.4, 0.5) is 0 Å². The van der Waals surface area contributed by atoms with Crippen LogP contribution in [0.5, 0.6) is 0 Å². The summed E-state index contributed by atoms with van der Waals surface area (Å²) in [6.45, 7) is 7.35. The lowest BCUT2D eigenvalue weighted by atomic mass is 9.92. The number of morpholine rings is 1. The van der Waals surface area contributed by atoms with E-state index in [4.69, 9.17) is 4.74 Å². The second-order valence-electron chi connectivity index (χ2n) is 7.53. The van der Waals surface area contributed by atoms with Gasteiger partial charge in [-0.1, -0.05) is 54.6 Å². The Labute approximate surface area is 148 Å². The van der Waals surface area contributed by atoms with Gasteiger partial charge in [0.2, 0.25) is 0 Å². The highest BCUT2D eigenvalue weighted by Gasteiger charge is 2.22. The molecule has 126 valence electrons. The summed E-state index contributed by atoms with van der Waals surface area (Å²) < 4.78 is 5.89. The van der Waals surface area contributed by atoms with E-state index in [0.29, 0.717) is 12.2 Å². The van der Waals surface area contributed by atoms with Gasteiger partial charge in [-0.05, 0) is 51.7 Å². The first-order valence-electron chi connectivity index (χ1n) is 9.22. The monoisotopic (exact) mass is 329 g/mol. The average Bonchev–Trinajstić information content (AvgIpc) is 2.60. The van der Waals surface area contributed by atoms with E-state index in [2.05, 4.69) is 73.3 Å². The van der Waals surface area contributed by atoms with E-state index in [9.17, 15) is 0 Å². The van der Waals surface area contributed by atoms with E-state index >= 15 is 0 Å². The number of nitrogens with zero attached hydrogens (tertiary/aromatic N) is 1. The largest absolute Gasteiger partial charge is 0.373 e.